The predicted molar refractivity (Wildman–Crippen MR) is 107 cm³/mol. The van der Waals surface area contributed by atoms with E-state index in [-0.39, 0.29) is 11.7 Å². The van der Waals surface area contributed by atoms with Crippen molar-refractivity contribution in [2.45, 2.75) is 33.1 Å². The van der Waals surface area contributed by atoms with Crippen LogP contribution in [0, 0.1) is 19.7 Å². The van der Waals surface area contributed by atoms with Gasteiger partial charge in [-0.1, -0.05) is 6.07 Å². The lowest BCUT2D eigenvalue weighted by atomic mass is 10.1. The van der Waals surface area contributed by atoms with E-state index < -0.39 is 0 Å². The van der Waals surface area contributed by atoms with Gasteiger partial charge in [-0.15, -0.1) is 11.3 Å². The minimum absolute atomic E-state index is 0.255. The third-order valence-corrected chi connectivity index (χ3v) is 5.97. The molecule has 1 N–H and O–H groups in total. The zero-order chi connectivity index (χ0) is 19.0. The van der Waals surface area contributed by atoms with Crippen LogP contribution in [0.3, 0.4) is 0 Å². The number of fused-ring (bicyclic) bond motifs is 1. The van der Waals surface area contributed by atoms with Crippen LogP contribution in [0.1, 0.15) is 40.1 Å². The zero-order valence-corrected chi connectivity index (χ0v) is 16.2. The number of rotatable bonds is 3. The van der Waals surface area contributed by atoms with Crippen LogP contribution in [0.5, 0.6) is 0 Å². The highest BCUT2D eigenvalue weighted by Crippen LogP contribution is 2.36. The smallest absolute Gasteiger partial charge is 0.257 e. The van der Waals surface area contributed by atoms with E-state index in [1.54, 1.807) is 25.4 Å². The fraction of sp³-hybridized carbons (Fsp3) is 0.350. The van der Waals surface area contributed by atoms with E-state index in [9.17, 15) is 9.18 Å². The first kappa shape index (κ1) is 17.9. The normalized spacial score (nSPS) is 14.6. The number of nitrogens with one attached hydrogen (secondary N) is 1. The number of thiophene rings is 1. The summed E-state index contributed by atoms with van der Waals surface area (Å²) in [4.78, 5) is 25.8. The second-order valence-corrected chi connectivity index (χ2v) is 8.08. The van der Waals surface area contributed by atoms with Crippen molar-refractivity contribution in [2.24, 2.45) is 0 Å². The first-order valence-corrected chi connectivity index (χ1v) is 9.93. The van der Waals surface area contributed by atoms with E-state index in [2.05, 4.69) is 20.2 Å². The molecule has 0 unspecified atom stereocenters. The number of hydrogen-bond donors (Lipinski definition) is 1. The van der Waals surface area contributed by atoms with Crippen LogP contribution in [-0.4, -0.2) is 29.0 Å². The molecule has 140 valence electrons. The Morgan fingerprint density at radius 3 is 2.70 bits per heavy atom. The summed E-state index contributed by atoms with van der Waals surface area (Å²) in [6.07, 6.45) is 5.04. The van der Waals surface area contributed by atoms with Crippen molar-refractivity contribution in [1.82, 2.24) is 9.97 Å². The van der Waals surface area contributed by atoms with E-state index in [0.717, 1.165) is 46.8 Å². The molecule has 0 aliphatic carbocycles. The number of hydrogen-bond acceptors (Lipinski definition) is 5. The molecule has 1 amide bonds. The first-order valence-electron chi connectivity index (χ1n) is 9.11. The standard InChI is InChI=1S/C20H21FN4OS/c1-12-6-7-14(10-15(12)21)24-19(26)16-13(2)27-20-17(16)18(22-11-23-20)25-8-4-3-5-9-25/h6-7,10-11H,3-5,8-9H2,1-2H3,(H,24,26). The Hall–Kier alpha value is -2.54. The number of aromatic nitrogens is 2. The average molecular weight is 384 g/mol. The van der Waals surface area contributed by atoms with Crippen LogP contribution in [-0.2, 0) is 0 Å². The van der Waals surface area contributed by atoms with Gasteiger partial charge in [0.05, 0.1) is 10.9 Å². The molecule has 0 radical (unpaired) electrons. The van der Waals surface area contributed by atoms with Crippen molar-refractivity contribution in [2.75, 3.05) is 23.3 Å². The third kappa shape index (κ3) is 3.39. The molecule has 27 heavy (non-hydrogen) atoms. The fourth-order valence-electron chi connectivity index (χ4n) is 3.51. The van der Waals surface area contributed by atoms with Crippen LogP contribution < -0.4 is 10.2 Å². The molecule has 1 aliphatic heterocycles. The maximum absolute atomic E-state index is 13.8. The first-order chi connectivity index (χ1) is 13.0. The lowest BCUT2D eigenvalue weighted by Crippen LogP contribution is -2.30. The SMILES string of the molecule is Cc1ccc(NC(=O)c2c(C)sc3ncnc(N4CCCCC4)c23)cc1F. The fourth-order valence-corrected chi connectivity index (χ4v) is 4.49. The van der Waals surface area contributed by atoms with Crippen LogP contribution >= 0.6 is 11.3 Å². The van der Waals surface area contributed by atoms with Crippen LogP contribution in [0.4, 0.5) is 15.9 Å². The highest BCUT2D eigenvalue weighted by atomic mass is 32.1. The molecule has 3 heterocycles. The predicted octanol–water partition coefficient (Wildman–Crippen LogP) is 4.69. The minimum atomic E-state index is -0.336. The third-order valence-electron chi connectivity index (χ3n) is 4.96. The number of benzene rings is 1. The number of amides is 1. The zero-order valence-electron chi connectivity index (χ0n) is 15.4. The Morgan fingerprint density at radius 1 is 1.19 bits per heavy atom. The van der Waals surface area contributed by atoms with Gasteiger partial charge < -0.3 is 10.2 Å². The lowest BCUT2D eigenvalue weighted by molar-refractivity contribution is 0.102. The molecule has 0 bridgehead atoms. The maximum Gasteiger partial charge on any atom is 0.257 e. The largest absolute Gasteiger partial charge is 0.356 e. The number of carbonyl (C=O) groups excluding carboxylic acids is 1. The van der Waals surface area contributed by atoms with Gasteiger partial charge in [-0.25, -0.2) is 14.4 Å². The quantitative estimate of drug-likeness (QED) is 0.712. The molecule has 5 nitrogen and oxygen atoms in total. The summed E-state index contributed by atoms with van der Waals surface area (Å²) < 4.78 is 13.8. The lowest BCUT2D eigenvalue weighted by Gasteiger charge is -2.28. The van der Waals surface area contributed by atoms with Gasteiger partial charge in [0.25, 0.3) is 5.91 Å². The Morgan fingerprint density at radius 2 is 1.96 bits per heavy atom. The van der Waals surface area contributed by atoms with Crippen molar-refractivity contribution < 1.29 is 9.18 Å². The van der Waals surface area contributed by atoms with Gasteiger partial charge in [0.2, 0.25) is 0 Å². The molecule has 0 atom stereocenters. The second kappa shape index (κ2) is 7.23. The highest BCUT2D eigenvalue weighted by Gasteiger charge is 2.24. The summed E-state index contributed by atoms with van der Waals surface area (Å²) in [7, 11) is 0. The topological polar surface area (TPSA) is 58.1 Å². The number of anilines is 2. The molecule has 0 saturated carbocycles. The van der Waals surface area contributed by atoms with Gasteiger partial charge in [-0.3, -0.25) is 4.79 Å². The molecule has 2 aromatic heterocycles. The van der Waals surface area contributed by atoms with Crippen molar-refractivity contribution >= 4 is 39.0 Å². The number of nitrogens with zero attached hydrogens (tertiary/aromatic N) is 3. The molecule has 4 rings (SSSR count). The van der Waals surface area contributed by atoms with Crippen molar-refractivity contribution in [1.29, 1.82) is 0 Å². The molecule has 7 heteroatoms. The van der Waals surface area contributed by atoms with E-state index in [0.29, 0.717) is 16.8 Å². The number of halogens is 1. The van der Waals surface area contributed by atoms with E-state index >= 15 is 0 Å². The Kier molecular flexibility index (Phi) is 4.78. The van der Waals surface area contributed by atoms with E-state index in [1.165, 1.54) is 23.8 Å². The van der Waals surface area contributed by atoms with E-state index in [1.807, 2.05) is 6.92 Å². The van der Waals surface area contributed by atoms with Gasteiger partial charge in [0, 0.05) is 23.7 Å². The molecule has 0 spiro atoms. The van der Waals surface area contributed by atoms with Gasteiger partial charge >= 0.3 is 0 Å². The van der Waals surface area contributed by atoms with Crippen LogP contribution in [0.25, 0.3) is 10.2 Å². The molecule has 1 saturated heterocycles. The summed E-state index contributed by atoms with van der Waals surface area (Å²) in [6, 6.07) is 4.72. The summed E-state index contributed by atoms with van der Waals surface area (Å²) in [5, 5.41) is 3.63. The van der Waals surface area contributed by atoms with Crippen molar-refractivity contribution in [3.63, 3.8) is 0 Å². The van der Waals surface area contributed by atoms with Crippen molar-refractivity contribution in [3.05, 3.63) is 46.3 Å². The molecule has 1 fully saturated rings. The van der Waals surface area contributed by atoms with Gasteiger partial charge in [-0.05, 0) is 50.8 Å². The van der Waals surface area contributed by atoms with E-state index in [4.69, 9.17) is 0 Å². The van der Waals surface area contributed by atoms with Crippen molar-refractivity contribution in [3.8, 4) is 0 Å². The summed E-state index contributed by atoms with van der Waals surface area (Å²) in [5.74, 6) is 0.233. The van der Waals surface area contributed by atoms with Gasteiger partial charge in [0.15, 0.2) is 0 Å². The molecular formula is C20H21FN4OS. The van der Waals surface area contributed by atoms with Crippen LogP contribution in [0.2, 0.25) is 0 Å². The molecule has 1 aliphatic rings. The highest BCUT2D eigenvalue weighted by molar-refractivity contribution is 7.19. The second-order valence-electron chi connectivity index (χ2n) is 6.88. The minimum Gasteiger partial charge on any atom is -0.356 e. The Labute approximate surface area is 161 Å². The number of piperidine rings is 1. The molecule has 3 aromatic rings. The van der Waals surface area contributed by atoms with Gasteiger partial charge in [-0.2, -0.15) is 0 Å². The monoisotopic (exact) mass is 384 g/mol. The summed E-state index contributed by atoms with van der Waals surface area (Å²) in [5.41, 5.74) is 1.57. The summed E-state index contributed by atoms with van der Waals surface area (Å²) >= 11 is 1.49. The number of aryl methyl sites for hydroxylation is 2. The summed E-state index contributed by atoms with van der Waals surface area (Å²) in [6.45, 7) is 5.48. The maximum atomic E-state index is 13.8. The molecular weight excluding hydrogens is 363 g/mol. The Balaban J connectivity index is 1.74. The number of carbonyl (C=O) groups is 1. The Bertz CT molecular complexity index is 1010. The van der Waals surface area contributed by atoms with Crippen LogP contribution in [0.15, 0.2) is 24.5 Å². The average Bonchev–Trinajstić information content (AvgIpc) is 3.01. The van der Waals surface area contributed by atoms with Gasteiger partial charge in [0.1, 0.15) is 22.8 Å². The molecule has 1 aromatic carbocycles.